The molecular formula is C20H32N6O. The number of piperidine rings is 1. The summed E-state index contributed by atoms with van der Waals surface area (Å²) in [4.78, 5) is 17.1. The molecular weight excluding hydrogens is 340 g/mol. The Morgan fingerprint density at radius 1 is 1.30 bits per heavy atom. The molecule has 0 spiro atoms. The second kappa shape index (κ2) is 7.11. The molecule has 1 saturated heterocycles. The fraction of sp³-hybridized carbons (Fsp3) is 0.650. The first kappa shape index (κ1) is 19.6. The van der Waals surface area contributed by atoms with Gasteiger partial charge in [0.1, 0.15) is 11.5 Å². The number of carbonyl (C=O) groups excluding carboxylic acids is 1. The van der Waals surface area contributed by atoms with E-state index in [4.69, 9.17) is 0 Å². The van der Waals surface area contributed by atoms with Gasteiger partial charge in [-0.25, -0.2) is 4.98 Å². The molecule has 2 aromatic rings. The van der Waals surface area contributed by atoms with Crippen molar-refractivity contribution >= 4 is 5.91 Å². The van der Waals surface area contributed by atoms with Gasteiger partial charge in [0.15, 0.2) is 0 Å². The number of nitrogens with one attached hydrogen (secondary N) is 3. The van der Waals surface area contributed by atoms with Crippen molar-refractivity contribution in [2.24, 2.45) is 0 Å². The van der Waals surface area contributed by atoms with Crippen LogP contribution in [0, 0.1) is 0 Å². The molecule has 27 heavy (non-hydrogen) atoms. The Morgan fingerprint density at radius 2 is 1.96 bits per heavy atom. The summed E-state index contributed by atoms with van der Waals surface area (Å²) in [5.41, 5.74) is 1.31. The van der Waals surface area contributed by atoms with E-state index >= 15 is 0 Å². The van der Waals surface area contributed by atoms with Crippen LogP contribution >= 0.6 is 0 Å². The average molecular weight is 373 g/mol. The lowest BCUT2D eigenvalue weighted by molar-refractivity contribution is 0.0868. The highest BCUT2D eigenvalue weighted by Crippen LogP contribution is 2.28. The van der Waals surface area contributed by atoms with Gasteiger partial charge in [0.2, 0.25) is 0 Å². The zero-order chi connectivity index (χ0) is 19.8. The molecule has 0 bridgehead atoms. The van der Waals surface area contributed by atoms with Gasteiger partial charge in [-0.2, -0.15) is 5.10 Å². The zero-order valence-corrected chi connectivity index (χ0v) is 17.3. The van der Waals surface area contributed by atoms with E-state index in [1.54, 1.807) is 6.20 Å². The van der Waals surface area contributed by atoms with Gasteiger partial charge in [-0.3, -0.25) is 9.89 Å². The van der Waals surface area contributed by atoms with Crippen LogP contribution in [0.1, 0.15) is 82.3 Å². The first-order valence-corrected chi connectivity index (χ1v) is 9.70. The predicted octanol–water partition coefficient (Wildman–Crippen LogP) is 2.82. The van der Waals surface area contributed by atoms with Crippen LogP contribution in [0.15, 0.2) is 18.5 Å². The lowest BCUT2D eigenvalue weighted by Crippen LogP contribution is -2.62. The number of aromatic amines is 1. The monoisotopic (exact) mass is 372 g/mol. The second-order valence-corrected chi connectivity index (χ2v) is 9.32. The predicted molar refractivity (Wildman–Crippen MR) is 106 cm³/mol. The smallest absolute Gasteiger partial charge is 0.271 e. The van der Waals surface area contributed by atoms with Crippen LogP contribution in [0.4, 0.5) is 0 Å². The Labute approximate surface area is 161 Å². The summed E-state index contributed by atoms with van der Waals surface area (Å²) >= 11 is 0. The second-order valence-electron chi connectivity index (χ2n) is 9.32. The average Bonchev–Trinajstić information content (AvgIpc) is 3.13. The minimum atomic E-state index is -0.120. The number of amides is 1. The van der Waals surface area contributed by atoms with Gasteiger partial charge < -0.3 is 15.2 Å². The summed E-state index contributed by atoms with van der Waals surface area (Å²) in [5, 5.41) is 14.0. The molecule has 1 aliphatic rings. The normalized spacial score (nSPS) is 19.4. The third kappa shape index (κ3) is 4.77. The zero-order valence-electron chi connectivity index (χ0n) is 17.3. The molecule has 0 aromatic carbocycles. The number of hydrogen-bond donors (Lipinski definition) is 3. The van der Waals surface area contributed by atoms with Gasteiger partial charge in [-0.05, 0) is 46.6 Å². The maximum atomic E-state index is 12.7. The van der Waals surface area contributed by atoms with Crippen molar-refractivity contribution in [2.75, 3.05) is 0 Å². The minimum absolute atomic E-state index is 0.00883. The van der Waals surface area contributed by atoms with Crippen molar-refractivity contribution in [3.8, 4) is 0 Å². The molecule has 1 aliphatic heterocycles. The quantitative estimate of drug-likeness (QED) is 0.753. The van der Waals surface area contributed by atoms with Gasteiger partial charge in [0.25, 0.3) is 5.91 Å². The summed E-state index contributed by atoms with van der Waals surface area (Å²) in [6.45, 7) is 13.6. The van der Waals surface area contributed by atoms with Gasteiger partial charge in [0.05, 0.1) is 12.2 Å². The van der Waals surface area contributed by atoms with E-state index in [-0.39, 0.29) is 23.0 Å². The molecule has 1 amide bonds. The summed E-state index contributed by atoms with van der Waals surface area (Å²) in [7, 11) is 0. The number of aromatic nitrogens is 4. The standard InChI is InChI=1S/C20H32N6O/c1-13(2)17-21-7-8-26(17)12-14-9-16(24-23-14)18(27)22-15-10-19(3,4)25-20(5,6)11-15/h7-9,13,15,25H,10-12H2,1-6H3,(H,22,27)(H,23,24). The molecule has 0 radical (unpaired) electrons. The fourth-order valence-corrected chi connectivity index (χ4v) is 4.38. The van der Waals surface area contributed by atoms with E-state index in [1.807, 2.05) is 12.3 Å². The summed E-state index contributed by atoms with van der Waals surface area (Å²) < 4.78 is 2.08. The highest BCUT2D eigenvalue weighted by atomic mass is 16.2. The molecule has 0 saturated carbocycles. The van der Waals surface area contributed by atoms with Crippen molar-refractivity contribution in [1.29, 1.82) is 0 Å². The van der Waals surface area contributed by atoms with E-state index in [0.29, 0.717) is 18.2 Å². The molecule has 1 fully saturated rings. The van der Waals surface area contributed by atoms with Crippen LogP contribution in [-0.4, -0.2) is 42.8 Å². The summed E-state index contributed by atoms with van der Waals surface area (Å²) in [5.74, 6) is 1.25. The van der Waals surface area contributed by atoms with Crippen LogP contribution in [0.25, 0.3) is 0 Å². The van der Waals surface area contributed by atoms with Crippen LogP contribution < -0.4 is 10.6 Å². The van der Waals surface area contributed by atoms with Crippen molar-refractivity contribution in [1.82, 2.24) is 30.4 Å². The third-order valence-electron chi connectivity index (χ3n) is 4.99. The SMILES string of the molecule is CC(C)c1nccn1Cc1cc(C(=O)NC2CC(C)(C)NC(C)(C)C2)n[nH]1. The Hall–Kier alpha value is -2.15. The maximum absolute atomic E-state index is 12.7. The number of hydrogen-bond acceptors (Lipinski definition) is 4. The molecule has 3 N–H and O–H groups in total. The Balaban J connectivity index is 1.66. The lowest BCUT2D eigenvalue weighted by Gasteiger charge is -2.46. The molecule has 3 rings (SSSR count). The maximum Gasteiger partial charge on any atom is 0.271 e. The summed E-state index contributed by atoms with van der Waals surface area (Å²) in [6, 6.07) is 1.96. The van der Waals surface area contributed by atoms with Gasteiger partial charge in [-0.15, -0.1) is 0 Å². The number of H-pyrrole nitrogens is 1. The van der Waals surface area contributed by atoms with E-state index < -0.39 is 0 Å². The summed E-state index contributed by atoms with van der Waals surface area (Å²) in [6.07, 6.45) is 5.55. The van der Waals surface area contributed by atoms with E-state index in [2.05, 4.69) is 71.9 Å². The van der Waals surface area contributed by atoms with Crippen LogP contribution in [0.2, 0.25) is 0 Å². The van der Waals surface area contributed by atoms with E-state index in [9.17, 15) is 4.79 Å². The lowest BCUT2D eigenvalue weighted by atomic mass is 9.79. The van der Waals surface area contributed by atoms with Crippen LogP contribution in [0.5, 0.6) is 0 Å². The molecule has 0 unspecified atom stereocenters. The molecule has 0 atom stereocenters. The Bertz CT molecular complexity index is 785. The molecule has 7 nitrogen and oxygen atoms in total. The number of rotatable bonds is 5. The van der Waals surface area contributed by atoms with Crippen LogP contribution in [0.3, 0.4) is 0 Å². The topological polar surface area (TPSA) is 87.6 Å². The first-order valence-electron chi connectivity index (χ1n) is 9.70. The van der Waals surface area contributed by atoms with Gasteiger partial charge >= 0.3 is 0 Å². The van der Waals surface area contributed by atoms with Crippen molar-refractivity contribution < 1.29 is 4.79 Å². The van der Waals surface area contributed by atoms with Crippen molar-refractivity contribution in [3.05, 3.63) is 35.7 Å². The van der Waals surface area contributed by atoms with Gasteiger partial charge in [-0.1, -0.05) is 13.8 Å². The number of carbonyl (C=O) groups is 1. The minimum Gasteiger partial charge on any atom is -0.348 e. The largest absolute Gasteiger partial charge is 0.348 e. The van der Waals surface area contributed by atoms with Gasteiger partial charge in [0, 0.05) is 35.4 Å². The third-order valence-corrected chi connectivity index (χ3v) is 4.99. The Kier molecular flexibility index (Phi) is 5.16. The highest BCUT2D eigenvalue weighted by molar-refractivity contribution is 5.92. The fourth-order valence-electron chi connectivity index (χ4n) is 4.38. The Morgan fingerprint density at radius 3 is 2.59 bits per heavy atom. The molecule has 0 aliphatic carbocycles. The number of imidazole rings is 1. The highest BCUT2D eigenvalue weighted by Gasteiger charge is 2.38. The number of nitrogens with zero attached hydrogens (tertiary/aromatic N) is 3. The van der Waals surface area contributed by atoms with Crippen LogP contribution in [-0.2, 0) is 6.54 Å². The van der Waals surface area contributed by atoms with E-state index in [1.165, 1.54) is 0 Å². The van der Waals surface area contributed by atoms with Crippen molar-refractivity contribution in [2.45, 2.75) is 84.0 Å². The van der Waals surface area contributed by atoms with E-state index in [0.717, 1.165) is 24.4 Å². The first-order chi connectivity index (χ1) is 12.5. The molecule has 148 valence electrons. The van der Waals surface area contributed by atoms with Crippen molar-refractivity contribution in [3.63, 3.8) is 0 Å². The molecule has 2 aromatic heterocycles. The molecule has 7 heteroatoms. The molecule has 3 heterocycles.